The van der Waals surface area contributed by atoms with Crippen LogP contribution in [0.3, 0.4) is 0 Å². The van der Waals surface area contributed by atoms with Crippen LogP contribution in [0.5, 0.6) is 0 Å². The molecule has 1 fully saturated rings. The van der Waals surface area contributed by atoms with Gasteiger partial charge in [0.2, 0.25) is 0 Å². The molecule has 3 heterocycles. The molecule has 0 saturated carbocycles. The molecule has 0 spiro atoms. The second kappa shape index (κ2) is 7.19. The standard InChI is InChI=1S/C20H22BrN5/c1-13-11-20(23-14(2)22-13)26-9-7-17(8-10-26)24-19-6-3-15-12-16(21)4-5-18(15)25-19/h3-6,11-12,17H,7-10H2,1-2H3,(H,24,25). The molecule has 0 bridgehead atoms. The summed E-state index contributed by atoms with van der Waals surface area (Å²) in [5.74, 6) is 2.84. The van der Waals surface area contributed by atoms with Crippen LogP contribution < -0.4 is 10.2 Å². The summed E-state index contributed by atoms with van der Waals surface area (Å²) in [5.41, 5.74) is 2.04. The lowest BCUT2D eigenvalue weighted by molar-refractivity contribution is 0.522. The Morgan fingerprint density at radius 2 is 1.81 bits per heavy atom. The van der Waals surface area contributed by atoms with Gasteiger partial charge >= 0.3 is 0 Å². The fraction of sp³-hybridized carbons (Fsp3) is 0.350. The average molecular weight is 412 g/mol. The maximum Gasteiger partial charge on any atom is 0.132 e. The summed E-state index contributed by atoms with van der Waals surface area (Å²) >= 11 is 3.51. The van der Waals surface area contributed by atoms with E-state index in [0.29, 0.717) is 6.04 Å². The predicted octanol–water partition coefficient (Wildman–Crippen LogP) is 4.49. The highest BCUT2D eigenvalue weighted by Gasteiger charge is 2.21. The van der Waals surface area contributed by atoms with Crippen LogP contribution in [-0.4, -0.2) is 34.1 Å². The van der Waals surface area contributed by atoms with Gasteiger partial charge in [0.25, 0.3) is 0 Å². The Morgan fingerprint density at radius 1 is 1.00 bits per heavy atom. The maximum absolute atomic E-state index is 4.74. The SMILES string of the molecule is Cc1cc(N2CCC(Nc3ccc4cc(Br)ccc4n3)CC2)nc(C)n1. The van der Waals surface area contributed by atoms with Crippen LogP contribution in [-0.2, 0) is 0 Å². The van der Waals surface area contributed by atoms with Gasteiger partial charge in [-0.2, -0.15) is 0 Å². The third kappa shape index (κ3) is 3.80. The van der Waals surface area contributed by atoms with Gasteiger partial charge in [-0.3, -0.25) is 0 Å². The molecule has 6 heteroatoms. The lowest BCUT2D eigenvalue weighted by Gasteiger charge is -2.33. The number of aryl methyl sites for hydroxylation is 2. The Labute approximate surface area is 162 Å². The molecule has 0 atom stereocenters. The van der Waals surface area contributed by atoms with Crippen molar-refractivity contribution in [2.24, 2.45) is 0 Å². The molecule has 5 nitrogen and oxygen atoms in total. The van der Waals surface area contributed by atoms with Crippen molar-refractivity contribution in [2.75, 3.05) is 23.3 Å². The quantitative estimate of drug-likeness (QED) is 0.687. The highest BCUT2D eigenvalue weighted by atomic mass is 79.9. The molecule has 134 valence electrons. The maximum atomic E-state index is 4.74. The summed E-state index contributed by atoms with van der Waals surface area (Å²) in [6, 6.07) is 12.9. The first-order valence-corrected chi connectivity index (χ1v) is 9.76. The molecular weight excluding hydrogens is 390 g/mol. The molecule has 4 rings (SSSR count). The third-order valence-corrected chi connectivity index (χ3v) is 5.27. The minimum atomic E-state index is 0.440. The van der Waals surface area contributed by atoms with Crippen molar-refractivity contribution >= 4 is 38.5 Å². The van der Waals surface area contributed by atoms with Gasteiger partial charge in [0, 0.05) is 40.8 Å². The Hall–Kier alpha value is -2.21. The summed E-state index contributed by atoms with van der Waals surface area (Å²) in [7, 11) is 0. The number of rotatable bonds is 3. The Kier molecular flexibility index (Phi) is 4.76. The van der Waals surface area contributed by atoms with Gasteiger partial charge in [0.1, 0.15) is 17.5 Å². The summed E-state index contributed by atoms with van der Waals surface area (Å²) in [4.78, 5) is 16.1. The monoisotopic (exact) mass is 411 g/mol. The zero-order valence-electron chi connectivity index (χ0n) is 15.0. The number of nitrogens with one attached hydrogen (secondary N) is 1. The molecule has 3 aromatic rings. The van der Waals surface area contributed by atoms with E-state index < -0.39 is 0 Å². The van der Waals surface area contributed by atoms with E-state index in [0.717, 1.165) is 64.5 Å². The number of pyridine rings is 1. The number of aromatic nitrogens is 3. The lowest BCUT2D eigenvalue weighted by atomic mass is 10.0. The first-order valence-electron chi connectivity index (χ1n) is 8.97. The lowest BCUT2D eigenvalue weighted by Crippen LogP contribution is -2.39. The van der Waals surface area contributed by atoms with E-state index >= 15 is 0 Å². The second-order valence-electron chi connectivity index (χ2n) is 6.85. The molecule has 1 aliphatic heterocycles. The fourth-order valence-electron chi connectivity index (χ4n) is 3.50. The highest BCUT2D eigenvalue weighted by Crippen LogP contribution is 2.23. The topological polar surface area (TPSA) is 53.9 Å². The smallest absolute Gasteiger partial charge is 0.132 e. The summed E-state index contributed by atoms with van der Waals surface area (Å²) in [5, 5.41) is 4.75. The summed E-state index contributed by atoms with van der Waals surface area (Å²) in [6.07, 6.45) is 2.14. The van der Waals surface area contributed by atoms with Crippen LogP contribution in [0.2, 0.25) is 0 Å². The van der Waals surface area contributed by atoms with Crippen molar-refractivity contribution in [3.63, 3.8) is 0 Å². The van der Waals surface area contributed by atoms with E-state index in [2.05, 4.69) is 60.4 Å². The van der Waals surface area contributed by atoms with Crippen molar-refractivity contribution in [1.82, 2.24) is 15.0 Å². The second-order valence-corrected chi connectivity index (χ2v) is 7.77. The molecule has 0 aliphatic carbocycles. The summed E-state index contributed by atoms with van der Waals surface area (Å²) < 4.78 is 1.08. The van der Waals surface area contributed by atoms with Gasteiger partial charge in [-0.25, -0.2) is 15.0 Å². The number of hydrogen-bond acceptors (Lipinski definition) is 5. The molecule has 0 unspecified atom stereocenters. The fourth-order valence-corrected chi connectivity index (χ4v) is 3.88. The Morgan fingerprint density at radius 3 is 2.58 bits per heavy atom. The van der Waals surface area contributed by atoms with Crippen molar-refractivity contribution in [3.8, 4) is 0 Å². The number of nitrogens with zero attached hydrogens (tertiary/aromatic N) is 4. The molecule has 1 saturated heterocycles. The number of benzene rings is 1. The molecule has 2 aromatic heterocycles. The average Bonchev–Trinajstić information content (AvgIpc) is 2.62. The number of piperidine rings is 1. The molecule has 1 N–H and O–H groups in total. The molecule has 0 radical (unpaired) electrons. The zero-order chi connectivity index (χ0) is 18.1. The van der Waals surface area contributed by atoms with E-state index in [9.17, 15) is 0 Å². The number of hydrogen-bond donors (Lipinski definition) is 1. The van der Waals surface area contributed by atoms with Gasteiger partial charge < -0.3 is 10.2 Å². The van der Waals surface area contributed by atoms with Crippen LogP contribution in [0.4, 0.5) is 11.6 Å². The van der Waals surface area contributed by atoms with E-state index in [4.69, 9.17) is 4.98 Å². The van der Waals surface area contributed by atoms with Gasteiger partial charge in [0.05, 0.1) is 5.52 Å². The van der Waals surface area contributed by atoms with E-state index in [1.807, 2.05) is 26.0 Å². The first kappa shape index (κ1) is 17.2. The predicted molar refractivity (Wildman–Crippen MR) is 110 cm³/mol. The zero-order valence-corrected chi connectivity index (χ0v) is 16.6. The van der Waals surface area contributed by atoms with Gasteiger partial charge in [-0.15, -0.1) is 0 Å². The molecule has 1 aromatic carbocycles. The number of fused-ring (bicyclic) bond motifs is 1. The van der Waals surface area contributed by atoms with Gasteiger partial charge in [-0.1, -0.05) is 15.9 Å². The van der Waals surface area contributed by atoms with Crippen LogP contribution in [0.1, 0.15) is 24.4 Å². The van der Waals surface area contributed by atoms with Crippen molar-refractivity contribution in [1.29, 1.82) is 0 Å². The largest absolute Gasteiger partial charge is 0.367 e. The van der Waals surface area contributed by atoms with E-state index in [1.165, 1.54) is 0 Å². The van der Waals surface area contributed by atoms with Crippen LogP contribution in [0.25, 0.3) is 10.9 Å². The molecular formula is C20H22BrN5. The van der Waals surface area contributed by atoms with Crippen LogP contribution >= 0.6 is 15.9 Å². The van der Waals surface area contributed by atoms with E-state index in [1.54, 1.807) is 0 Å². The van der Waals surface area contributed by atoms with Crippen LogP contribution in [0.15, 0.2) is 40.9 Å². The highest BCUT2D eigenvalue weighted by molar-refractivity contribution is 9.10. The van der Waals surface area contributed by atoms with Crippen molar-refractivity contribution < 1.29 is 0 Å². The summed E-state index contributed by atoms with van der Waals surface area (Å²) in [6.45, 7) is 5.97. The third-order valence-electron chi connectivity index (χ3n) is 4.77. The molecule has 26 heavy (non-hydrogen) atoms. The number of anilines is 2. The normalized spacial score (nSPS) is 15.4. The van der Waals surface area contributed by atoms with Crippen molar-refractivity contribution in [3.05, 3.63) is 52.4 Å². The van der Waals surface area contributed by atoms with E-state index in [-0.39, 0.29) is 0 Å². The Balaban J connectivity index is 1.41. The van der Waals surface area contributed by atoms with Gasteiger partial charge in [0.15, 0.2) is 0 Å². The minimum absolute atomic E-state index is 0.440. The minimum Gasteiger partial charge on any atom is -0.367 e. The van der Waals surface area contributed by atoms with Crippen molar-refractivity contribution in [2.45, 2.75) is 32.7 Å². The molecule has 1 aliphatic rings. The Bertz CT molecular complexity index is 914. The van der Waals surface area contributed by atoms with Crippen LogP contribution in [0, 0.1) is 13.8 Å². The first-order chi connectivity index (χ1) is 12.6. The molecule has 0 amide bonds. The number of halogens is 1. The van der Waals surface area contributed by atoms with Gasteiger partial charge in [-0.05, 0) is 57.0 Å².